The summed E-state index contributed by atoms with van der Waals surface area (Å²) in [7, 11) is 0. The SMILES string of the molecule is Nc1cn(-c2ccc3ncccc3c2)nn1. The van der Waals surface area contributed by atoms with Gasteiger partial charge in [-0.25, -0.2) is 4.68 Å². The Balaban J connectivity index is 2.18. The van der Waals surface area contributed by atoms with E-state index in [0.717, 1.165) is 16.6 Å². The molecule has 0 saturated heterocycles. The van der Waals surface area contributed by atoms with Gasteiger partial charge in [0.05, 0.1) is 17.4 Å². The smallest absolute Gasteiger partial charge is 0.166 e. The minimum absolute atomic E-state index is 0.409. The summed E-state index contributed by atoms with van der Waals surface area (Å²) >= 11 is 0. The van der Waals surface area contributed by atoms with Crippen LogP contribution >= 0.6 is 0 Å². The molecule has 16 heavy (non-hydrogen) atoms. The number of anilines is 1. The molecule has 0 unspecified atom stereocenters. The predicted molar refractivity (Wildman–Crippen MR) is 61.1 cm³/mol. The summed E-state index contributed by atoms with van der Waals surface area (Å²) in [5.74, 6) is 0.409. The van der Waals surface area contributed by atoms with Crippen molar-refractivity contribution >= 4 is 16.7 Å². The molecule has 0 spiro atoms. The highest BCUT2D eigenvalue weighted by atomic mass is 15.4. The van der Waals surface area contributed by atoms with Gasteiger partial charge in [0.25, 0.3) is 0 Å². The molecule has 0 aliphatic heterocycles. The molecule has 5 nitrogen and oxygen atoms in total. The molecule has 2 N–H and O–H groups in total. The lowest BCUT2D eigenvalue weighted by Gasteiger charge is -2.01. The zero-order chi connectivity index (χ0) is 11.0. The van der Waals surface area contributed by atoms with Crippen molar-refractivity contribution in [2.24, 2.45) is 0 Å². The van der Waals surface area contributed by atoms with E-state index < -0.39 is 0 Å². The van der Waals surface area contributed by atoms with Crippen LogP contribution < -0.4 is 5.73 Å². The van der Waals surface area contributed by atoms with Crippen molar-refractivity contribution in [2.75, 3.05) is 5.73 Å². The molecule has 0 amide bonds. The first-order chi connectivity index (χ1) is 7.83. The second-order valence-electron chi connectivity index (χ2n) is 3.47. The lowest BCUT2D eigenvalue weighted by Crippen LogP contribution is -1.94. The Morgan fingerprint density at radius 3 is 2.94 bits per heavy atom. The molecule has 0 fully saturated rings. The zero-order valence-electron chi connectivity index (χ0n) is 8.41. The molecule has 0 aliphatic rings. The van der Waals surface area contributed by atoms with Gasteiger partial charge in [-0.2, -0.15) is 0 Å². The van der Waals surface area contributed by atoms with Gasteiger partial charge < -0.3 is 5.73 Å². The third-order valence-corrected chi connectivity index (χ3v) is 2.36. The number of hydrogen-bond acceptors (Lipinski definition) is 4. The Hall–Kier alpha value is -2.43. The molecule has 0 aliphatic carbocycles. The maximum atomic E-state index is 5.52. The van der Waals surface area contributed by atoms with Crippen LogP contribution in [-0.4, -0.2) is 20.0 Å². The molecule has 0 saturated carbocycles. The van der Waals surface area contributed by atoms with Crippen molar-refractivity contribution in [1.29, 1.82) is 0 Å². The minimum atomic E-state index is 0.409. The van der Waals surface area contributed by atoms with Crippen LogP contribution in [0.4, 0.5) is 5.82 Å². The Bertz CT molecular complexity index is 643. The normalized spacial score (nSPS) is 10.8. The van der Waals surface area contributed by atoms with Crippen molar-refractivity contribution in [3.63, 3.8) is 0 Å². The molecule has 5 heteroatoms. The van der Waals surface area contributed by atoms with Crippen LogP contribution in [0.5, 0.6) is 0 Å². The molecule has 3 rings (SSSR count). The number of benzene rings is 1. The quantitative estimate of drug-likeness (QED) is 0.660. The van der Waals surface area contributed by atoms with Crippen molar-refractivity contribution in [3.8, 4) is 5.69 Å². The van der Waals surface area contributed by atoms with Gasteiger partial charge in [0.2, 0.25) is 0 Å². The maximum Gasteiger partial charge on any atom is 0.166 e. The lowest BCUT2D eigenvalue weighted by molar-refractivity contribution is 0.805. The van der Waals surface area contributed by atoms with E-state index in [0.29, 0.717) is 5.82 Å². The predicted octanol–water partition coefficient (Wildman–Crippen LogP) is 1.40. The van der Waals surface area contributed by atoms with E-state index in [4.69, 9.17) is 5.73 Å². The van der Waals surface area contributed by atoms with Crippen molar-refractivity contribution in [3.05, 3.63) is 42.7 Å². The fourth-order valence-electron chi connectivity index (χ4n) is 1.61. The second-order valence-corrected chi connectivity index (χ2v) is 3.47. The van der Waals surface area contributed by atoms with Crippen LogP contribution in [-0.2, 0) is 0 Å². The van der Waals surface area contributed by atoms with Crippen LogP contribution in [0.15, 0.2) is 42.7 Å². The first-order valence-electron chi connectivity index (χ1n) is 4.86. The molecule has 0 radical (unpaired) electrons. The monoisotopic (exact) mass is 211 g/mol. The van der Waals surface area contributed by atoms with E-state index in [9.17, 15) is 0 Å². The highest BCUT2D eigenvalue weighted by molar-refractivity contribution is 5.80. The van der Waals surface area contributed by atoms with E-state index in [-0.39, 0.29) is 0 Å². The third kappa shape index (κ3) is 1.38. The Labute approximate surface area is 91.5 Å². The molecule has 78 valence electrons. The zero-order valence-corrected chi connectivity index (χ0v) is 8.41. The summed E-state index contributed by atoms with van der Waals surface area (Å²) in [6.45, 7) is 0. The fraction of sp³-hybridized carbons (Fsp3) is 0. The molecule has 2 heterocycles. The van der Waals surface area contributed by atoms with Gasteiger partial charge in [-0.15, -0.1) is 5.10 Å². The van der Waals surface area contributed by atoms with Crippen molar-refractivity contribution in [1.82, 2.24) is 20.0 Å². The first kappa shape index (κ1) is 8.84. The van der Waals surface area contributed by atoms with Gasteiger partial charge in [0.15, 0.2) is 5.82 Å². The lowest BCUT2D eigenvalue weighted by atomic mass is 10.2. The molecule has 3 aromatic rings. The largest absolute Gasteiger partial charge is 0.381 e. The number of nitrogens with two attached hydrogens (primary N) is 1. The summed E-state index contributed by atoms with van der Waals surface area (Å²) in [5, 5.41) is 8.73. The van der Waals surface area contributed by atoms with E-state index in [2.05, 4.69) is 15.3 Å². The summed E-state index contributed by atoms with van der Waals surface area (Å²) in [6, 6.07) is 9.79. The van der Waals surface area contributed by atoms with Gasteiger partial charge in [0, 0.05) is 11.6 Å². The first-order valence-corrected chi connectivity index (χ1v) is 4.86. The molecule has 1 aromatic carbocycles. The number of aromatic nitrogens is 4. The number of hydrogen-bond donors (Lipinski definition) is 1. The van der Waals surface area contributed by atoms with E-state index in [1.807, 2.05) is 30.3 Å². The Kier molecular flexibility index (Phi) is 1.83. The van der Waals surface area contributed by atoms with Gasteiger partial charge in [0.1, 0.15) is 0 Å². The van der Waals surface area contributed by atoms with Crippen LogP contribution in [0, 0.1) is 0 Å². The molecular formula is C11H9N5. The van der Waals surface area contributed by atoms with Gasteiger partial charge in [-0.05, 0) is 24.3 Å². The summed E-state index contributed by atoms with van der Waals surface area (Å²) < 4.78 is 1.64. The summed E-state index contributed by atoms with van der Waals surface area (Å²) in [6.07, 6.45) is 3.45. The standard InChI is InChI=1S/C11H9N5/c12-11-7-16(15-14-11)9-3-4-10-8(6-9)2-1-5-13-10/h1-7H,12H2. The summed E-state index contributed by atoms with van der Waals surface area (Å²) in [4.78, 5) is 4.25. The number of rotatable bonds is 1. The Morgan fingerprint density at radius 2 is 2.12 bits per heavy atom. The number of nitrogens with zero attached hydrogens (tertiary/aromatic N) is 4. The van der Waals surface area contributed by atoms with Gasteiger partial charge >= 0.3 is 0 Å². The van der Waals surface area contributed by atoms with Crippen molar-refractivity contribution in [2.45, 2.75) is 0 Å². The molecule has 0 atom stereocenters. The fourth-order valence-corrected chi connectivity index (χ4v) is 1.61. The average Bonchev–Trinajstić information content (AvgIpc) is 2.75. The van der Waals surface area contributed by atoms with E-state index >= 15 is 0 Å². The van der Waals surface area contributed by atoms with Crippen LogP contribution in [0.3, 0.4) is 0 Å². The molecule has 2 aromatic heterocycles. The maximum absolute atomic E-state index is 5.52. The number of pyridine rings is 1. The van der Waals surface area contributed by atoms with Gasteiger partial charge in [-0.3, -0.25) is 4.98 Å². The van der Waals surface area contributed by atoms with Crippen LogP contribution in [0.2, 0.25) is 0 Å². The highest BCUT2D eigenvalue weighted by Crippen LogP contribution is 2.16. The van der Waals surface area contributed by atoms with E-state index in [1.54, 1.807) is 17.1 Å². The summed E-state index contributed by atoms with van der Waals surface area (Å²) in [5.41, 5.74) is 7.40. The average molecular weight is 211 g/mol. The highest BCUT2D eigenvalue weighted by Gasteiger charge is 2.01. The second kappa shape index (κ2) is 3.30. The minimum Gasteiger partial charge on any atom is -0.381 e. The molecular weight excluding hydrogens is 202 g/mol. The van der Waals surface area contributed by atoms with Crippen LogP contribution in [0.1, 0.15) is 0 Å². The number of fused-ring (bicyclic) bond motifs is 1. The third-order valence-electron chi connectivity index (χ3n) is 2.36. The van der Waals surface area contributed by atoms with Gasteiger partial charge in [-0.1, -0.05) is 11.3 Å². The van der Waals surface area contributed by atoms with Crippen LogP contribution in [0.25, 0.3) is 16.6 Å². The number of nitrogen functional groups attached to an aromatic ring is 1. The van der Waals surface area contributed by atoms with Crippen molar-refractivity contribution < 1.29 is 0 Å². The Morgan fingerprint density at radius 1 is 1.19 bits per heavy atom. The van der Waals surface area contributed by atoms with E-state index in [1.165, 1.54) is 0 Å². The molecule has 0 bridgehead atoms. The topological polar surface area (TPSA) is 69.6 Å².